The number of ether oxygens (including phenoxy) is 2. The van der Waals surface area contributed by atoms with E-state index in [1.807, 2.05) is 35.2 Å². The molecule has 1 amide bonds. The van der Waals surface area contributed by atoms with Gasteiger partial charge in [-0.15, -0.1) is 0 Å². The van der Waals surface area contributed by atoms with Crippen LogP contribution < -0.4 is 9.47 Å². The SMILES string of the molecule is COc1cccc(C(=O)N2CCC(Oc3ccccn3)C2)c1. The Labute approximate surface area is 129 Å². The summed E-state index contributed by atoms with van der Waals surface area (Å²) in [4.78, 5) is 18.5. The van der Waals surface area contributed by atoms with Gasteiger partial charge in [-0.3, -0.25) is 4.79 Å². The molecule has 1 atom stereocenters. The van der Waals surface area contributed by atoms with Crippen LogP contribution in [0.1, 0.15) is 16.8 Å². The highest BCUT2D eigenvalue weighted by molar-refractivity contribution is 5.94. The van der Waals surface area contributed by atoms with Gasteiger partial charge in [0.05, 0.1) is 13.7 Å². The molecule has 3 rings (SSSR count). The Balaban J connectivity index is 1.63. The third-order valence-corrected chi connectivity index (χ3v) is 3.67. The molecule has 0 radical (unpaired) electrons. The lowest BCUT2D eigenvalue weighted by Gasteiger charge is -2.17. The molecule has 2 aromatic rings. The van der Waals surface area contributed by atoms with Crippen molar-refractivity contribution in [3.8, 4) is 11.6 Å². The minimum Gasteiger partial charge on any atom is -0.497 e. The summed E-state index contributed by atoms with van der Waals surface area (Å²) < 4.78 is 11.0. The van der Waals surface area contributed by atoms with Crippen molar-refractivity contribution in [2.24, 2.45) is 0 Å². The number of methoxy groups -OCH3 is 1. The maximum atomic E-state index is 12.5. The van der Waals surface area contributed by atoms with Crippen molar-refractivity contribution >= 4 is 5.91 Å². The Morgan fingerprint density at radius 3 is 2.95 bits per heavy atom. The van der Waals surface area contributed by atoms with Crippen LogP contribution in [0.15, 0.2) is 48.7 Å². The molecule has 114 valence electrons. The molecule has 0 bridgehead atoms. The number of rotatable bonds is 4. The first-order valence-corrected chi connectivity index (χ1v) is 7.27. The lowest BCUT2D eigenvalue weighted by Crippen LogP contribution is -2.31. The van der Waals surface area contributed by atoms with Crippen LogP contribution in [0.5, 0.6) is 11.6 Å². The predicted octanol–water partition coefficient (Wildman–Crippen LogP) is 2.38. The zero-order valence-electron chi connectivity index (χ0n) is 12.4. The largest absolute Gasteiger partial charge is 0.497 e. The molecule has 0 N–H and O–H groups in total. The van der Waals surface area contributed by atoms with Gasteiger partial charge in [0.25, 0.3) is 5.91 Å². The quantitative estimate of drug-likeness (QED) is 0.869. The van der Waals surface area contributed by atoms with Gasteiger partial charge < -0.3 is 14.4 Å². The van der Waals surface area contributed by atoms with Crippen molar-refractivity contribution in [1.29, 1.82) is 0 Å². The summed E-state index contributed by atoms with van der Waals surface area (Å²) in [6.07, 6.45) is 2.50. The van der Waals surface area contributed by atoms with E-state index in [2.05, 4.69) is 4.98 Å². The van der Waals surface area contributed by atoms with Gasteiger partial charge in [0, 0.05) is 30.8 Å². The maximum absolute atomic E-state index is 12.5. The molecule has 5 nitrogen and oxygen atoms in total. The van der Waals surface area contributed by atoms with Crippen LogP contribution in [-0.4, -0.2) is 42.1 Å². The van der Waals surface area contributed by atoms with Crippen molar-refractivity contribution in [2.45, 2.75) is 12.5 Å². The highest BCUT2D eigenvalue weighted by Crippen LogP contribution is 2.20. The topological polar surface area (TPSA) is 51.7 Å². The number of carbonyl (C=O) groups excluding carboxylic acids is 1. The van der Waals surface area contributed by atoms with Gasteiger partial charge in [-0.25, -0.2) is 4.98 Å². The van der Waals surface area contributed by atoms with Gasteiger partial charge in [0.2, 0.25) is 5.88 Å². The molecule has 1 fully saturated rings. The predicted molar refractivity (Wildman–Crippen MR) is 82.2 cm³/mol. The van der Waals surface area contributed by atoms with Gasteiger partial charge in [-0.2, -0.15) is 0 Å². The Morgan fingerprint density at radius 1 is 1.27 bits per heavy atom. The first-order chi connectivity index (χ1) is 10.8. The van der Waals surface area contributed by atoms with Crippen molar-refractivity contribution in [3.05, 3.63) is 54.2 Å². The van der Waals surface area contributed by atoms with Gasteiger partial charge in [-0.05, 0) is 24.3 Å². The lowest BCUT2D eigenvalue weighted by molar-refractivity contribution is 0.0771. The highest BCUT2D eigenvalue weighted by atomic mass is 16.5. The van der Waals surface area contributed by atoms with Crippen LogP contribution in [-0.2, 0) is 0 Å². The summed E-state index contributed by atoms with van der Waals surface area (Å²) in [6.45, 7) is 1.26. The molecule has 5 heteroatoms. The van der Waals surface area contributed by atoms with Crippen molar-refractivity contribution in [3.63, 3.8) is 0 Å². The van der Waals surface area contributed by atoms with Gasteiger partial charge in [0.1, 0.15) is 11.9 Å². The van der Waals surface area contributed by atoms with Gasteiger partial charge in [0.15, 0.2) is 0 Å². The molecule has 0 saturated carbocycles. The van der Waals surface area contributed by atoms with Crippen LogP contribution in [0, 0.1) is 0 Å². The second-order valence-corrected chi connectivity index (χ2v) is 5.18. The highest BCUT2D eigenvalue weighted by Gasteiger charge is 2.28. The number of hydrogen-bond acceptors (Lipinski definition) is 4. The lowest BCUT2D eigenvalue weighted by atomic mass is 10.2. The number of nitrogens with zero attached hydrogens (tertiary/aromatic N) is 2. The molecule has 1 aliphatic heterocycles. The number of likely N-dealkylation sites (tertiary alicyclic amines) is 1. The number of benzene rings is 1. The molecule has 1 saturated heterocycles. The van der Waals surface area contributed by atoms with Crippen LogP contribution >= 0.6 is 0 Å². The van der Waals surface area contributed by atoms with E-state index in [0.29, 0.717) is 30.3 Å². The number of pyridine rings is 1. The summed E-state index contributed by atoms with van der Waals surface area (Å²) >= 11 is 0. The van der Waals surface area contributed by atoms with Gasteiger partial charge >= 0.3 is 0 Å². The summed E-state index contributed by atoms with van der Waals surface area (Å²) in [7, 11) is 1.59. The standard InChI is InChI=1S/C17H18N2O3/c1-21-14-6-4-5-13(11-14)17(20)19-10-8-15(12-19)22-16-7-2-3-9-18-16/h2-7,9,11,15H,8,10,12H2,1H3. The molecule has 0 spiro atoms. The summed E-state index contributed by atoms with van der Waals surface area (Å²) in [5.74, 6) is 1.29. The smallest absolute Gasteiger partial charge is 0.254 e. The van der Waals surface area contributed by atoms with E-state index in [9.17, 15) is 4.79 Å². The van der Waals surface area contributed by atoms with E-state index >= 15 is 0 Å². The second-order valence-electron chi connectivity index (χ2n) is 5.18. The average molecular weight is 298 g/mol. The molecule has 1 unspecified atom stereocenters. The first kappa shape index (κ1) is 14.4. The first-order valence-electron chi connectivity index (χ1n) is 7.27. The van der Waals surface area contributed by atoms with Gasteiger partial charge in [-0.1, -0.05) is 12.1 Å². The number of carbonyl (C=O) groups is 1. The third kappa shape index (κ3) is 3.19. The van der Waals surface area contributed by atoms with Crippen molar-refractivity contribution in [1.82, 2.24) is 9.88 Å². The van der Waals surface area contributed by atoms with Crippen molar-refractivity contribution in [2.75, 3.05) is 20.2 Å². The van der Waals surface area contributed by atoms with E-state index in [0.717, 1.165) is 6.42 Å². The van der Waals surface area contributed by atoms with E-state index in [1.54, 1.807) is 25.4 Å². The average Bonchev–Trinajstić information content (AvgIpc) is 3.03. The summed E-state index contributed by atoms with van der Waals surface area (Å²) in [5, 5.41) is 0. The van der Waals surface area contributed by atoms with Crippen LogP contribution in [0.2, 0.25) is 0 Å². The zero-order valence-corrected chi connectivity index (χ0v) is 12.4. The molecule has 1 aromatic carbocycles. The van der Waals surface area contributed by atoms with E-state index in [1.165, 1.54) is 0 Å². The Kier molecular flexibility index (Phi) is 4.23. The normalized spacial score (nSPS) is 17.3. The molecule has 22 heavy (non-hydrogen) atoms. The van der Waals surface area contributed by atoms with E-state index in [-0.39, 0.29) is 12.0 Å². The van der Waals surface area contributed by atoms with Crippen LogP contribution in [0.4, 0.5) is 0 Å². The number of hydrogen-bond donors (Lipinski definition) is 0. The Hall–Kier alpha value is -2.56. The molecule has 1 aliphatic rings. The fourth-order valence-corrected chi connectivity index (χ4v) is 2.54. The Morgan fingerprint density at radius 2 is 2.18 bits per heavy atom. The number of amides is 1. The third-order valence-electron chi connectivity index (χ3n) is 3.67. The fourth-order valence-electron chi connectivity index (χ4n) is 2.54. The maximum Gasteiger partial charge on any atom is 0.254 e. The fraction of sp³-hybridized carbons (Fsp3) is 0.294. The van der Waals surface area contributed by atoms with Crippen LogP contribution in [0.3, 0.4) is 0 Å². The summed E-state index contributed by atoms with van der Waals surface area (Å²) in [6, 6.07) is 12.8. The summed E-state index contributed by atoms with van der Waals surface area (Å²) in [5.41, 5.74) is 0.637. The number of aromatic nitrogens is 1. The van der Waals surface area contributed by atoms with E-state index in [4.69, 9.17) is 9.47 Å². The molecule has 0 aliphatic carbocycles. The molecular weight excluding hydrogens is 280 g/mol. The van der Waals surface area contributed by atoms with E-state index < -0.39 is 0 Å². The van der Waals surface area contributed by atoms with Crippen LogP contribution in [0.25, 0.3) is 0 Å². The monoisotopic (exact) mass is 298 g/mol. The Bertz CT molecular complexity index is 645. The minimum absolute atomic E-state index is 0.00557. The molecular formula is C17H18N2O3. The second kappa shape index (κ2) is 6.47. The molecule has 2 heterocycles. The molecule has 1 aromatic heterocycles. The minimum atomic E-state index is -0.00976. The van der Waals surface area contributed by atoms with Crippen molar-refractivity contribution < 1.29 is 14.3 Å². The zero-order chi connectivity index (χ0) is 15.4.